The minimum Gasteiger partial charge on any atom is -0.465 e. The van der Waals surface area contributed by atoms with Crippen molar-refractivity contribution in [2.75, 3.05) is 5.75 Å². The van der Waals surface area contributed by atoms with Crippen LogP contribution < -0.4 is 0 Å². The van der Waals surface area contributed by atoms with Crippen LogP contribution in [0.15, 0.2) is 69.0 Å². The van der Waals surface area contributed by atoms with Gasteiger partial charge in [0, 0.05) is 16.6 Å². The van der Waals surface area contributed by atoms with Gasteiger partial charge < -0.3 is 4.42 Å². The number of rotatable bonds is 5. The highest BCUT2D eigenvalue weighted by Gasteiger charge is 2.28. The van der Waals surface area contributed by atoms with Crippen molar-refractivity contribution in [3.05, 3.63) is 75.9 Å². The standard InChI is InChI=1S/C19H16O3S2/c1-13-12-23-19(24-13)17(18(21)14-6-3-2-4-7-14)16(20)10-9-15-8-5-11-22-15/h2-11,13H,12H2,1H3/b10-9+,19-17+. The van der Waals surface area contributed by atoms with Gasteiger partial charge in [-0.25, -0.2) is 0 Å². The zero-order valence-corrected chi connectivity index (χ0v) is 14.7. The third kappa shape index (κ3) is 3.91. The molecule has 2 aromatic rings. The van der Waals surface area contributed by atoms with E-state index in [4.69, 9.17) is 4.42 Å². The molecule has 1 saturated heterocycles. The molecule has 1 fully saturated rings. The van der Waals surface area contributed by atoms with Gasteiger partial charge in [-0.05, 0) is 24.3 Å². The van der Waals surface area contributed by atoms with Crippen LogP contribution in [0.2, 0.25) is 0 Å². The first-order chi connectivity index (χ1) is 11.6. The van der Waals surface area contributed by atoms with Gasteiger partial charge in [0.25, 0.3) is 0 Å². The van der Waals surface area contributed by atoms with E-state index in [1.807, 2.05) is 6.07 Å². The van der Waals surface area contributed by atoms with Crippen molar-refractivity contribution < 1.29 is 14.0 Å². The predicted molar refractivity (Wildman–Crippen MR) is 100 cm³/mol. The summed E-state index contributed by atoms with van der Waals surface area (Å²) in [5, 5.41) is 0.394. The van der Waals surface area contributed by atoms with Crippen molar-refractivity contribution in [3.63, 3.8) is 0 Å². The Morgan fingerprint density at radius 1 is 1.17 bits per heavy atom. The molecule has 3 rings (SSSR count). The van der Waals surface area contributed by atoms with E-state index in [0.29, 0.717) is 16.6 Å². The van der Waals surface area contributed by atoms with Gasteiger partial charge in [-0.3, -0.25) is 9.59 Å². The highest BCUT2D eigenvalue weighted by molar-refractivity contribution is 8.25. The van der Waals surface area contributed by atoms with E-state index < -0.39 is 0 Å². The van der Waals surface area contributed by atoms with Crippen LogP contribution in [0.3, 0.4) is 0 Å². The maximum Gasteiger partial charge on any atom is 0.198 e. The fourth-order valence-corrected chi connectivity index (χ4v) is 5.09. The van der Waals surface area contributed by atoms with E-state index in [-0.39, 0.29) is 17.1 Å². The summed E-state index contributed by atoms with van der Waals surface area (Å²) in [4.78, 5) is 25.6. The lowest BCUT2D eigenvalue weighted by atomic mass is 10.0. The van der Waals surface area contributed by atoms with E-state index in [1.54, 1.807) is 72.3 Å². The van der Waals surface area contributed by atoms with Crippen molar-refractivity contribution in [3.8, 4) is 0 Å². The van der Waals surface area contributed by atoms with Gasteiger partial charge in [-0.15, -0.1) is 23.5 Å². The number of ketones is 2. The number of hydrogen-bond donors (Lipinski definition) is 0. The van der Waals surface area contributed by atoms with Gasteiger partial charge in [0.15, 0.2) is 11.6 Å². The Kier molecular flexibility index (Phi) is 5.43. The molecule has 1 aliphatic rings. The maximum absolute atomic E-state index is 12.9. The third-order valence-corrected chi connectivity index (χ3v) is 6.39. The molecule has 0 bridgehead atoms. The quantitative estimate of drug-likeness (QED) is 0.332. The Hall–Kier alpha value is -1.98. The number of benzene rings is 1. The second-order valence-electron chi connectivity index (χ2n) is 5.31. The normalized spacial score (nSPS) is 19.6. The second kappa shape index (κ2) is 7.73. The van der Waals surface area contributed by atoms with Crippen molar-refractivity contribution in [2.24, 2.45) is 0 Å². The van der Waals surface area contributed by atoms with Crippen molar-refractivity contribution in [2.45, 2.75) is 12.2 Å². The molecular weight excluding hydrogens is 340 g/mol. The fourth-order valence-electron chi connectivity index (χ4n) is 2.24. The molecule has 1 atom stereocenters. The summed E-state index contributed by atoms with van der Waals surface area (Å²) in [6.45, 7) is 2.10. The number of allylic oxidation sites excluding steroid dienone is 2. The molecule has 0 saturated carbocycles. The summed E-state index contributed by atoms with van der Waals surface area (Å²) >= 11 is 3.17. The van der Waals surface area contributed by atoms with Crippen LogP contribution in [0.5, 0.6) is 0 Å². The van der Waals surface area contributed by atoms with Gasteiger partial charge in [0.2, 0.25) is 0 Å². The van der Waals surface area contributed by atoms with E-state index in [0.717, 1.165) is 9.99 Å². The lowest BCUT2D eigenvalue weighted by molar-refractivity contribution is -0.111. The first-order valence-corrected chi connectivity index (χ1v) is 9.41. The average molecular weight is 356 g/mol. The molecule has 0 radical (unpaired) electrons. The third-order valence-electron chi connectivity index (χ3n) is 3.41. The smallest absolute Gasteiger partial charge is 0.198 e. The summed E-state index contributed by atoms with van der Waals surface area (Å²) in [7, 11) is 0. The summed E-state index contributed by atoms with van der Waals surface area (Å²) in [5.74, 6) is 0.971. The van der Waals surface area contributed by atoms with Crippen molar-refractivity contribution >= 4 is 41.2 Å². The Morgan fingerprint density at radius 3 is 2.58 bits per heavy atom. The molecular formula is C19H16O3S2. The van der Waals surface area contributed by atoms with Gasteiger partial charge in [-0.2, -0.15) is 0 Å². The van der Waals surface area contributed by atoms with Crippen LogP contribution in [-0.2, 0) is 4.79 Å². The van der Waals surface area contributed by atoms with Crippen LogP contribution in [0.4, 0.5) is 0 Å². The molecule has 24 heavy (non-hydrogen) atoms. The molecule has 1 aliphatic heterocycles. The average Bonchev–Trinajstić information content (AvgIpc) is 3.26. The Balaban J connectivity index is 1.94. The fraction of sp³-hybridized carbons (Fsp3) is 0.158. The summed E-state index contributed by atoms with van der Waals surface area (Å²) in [6, 6.07) is 12.4. The number of carbonyl (C=O) groups is 2. The van der Waals surface area contributed by atoms with E-state index >= 15 is 0 Å². The Labute approximate surface area is 149 Å². The zero-order valence-electron chi connectivity index (χ0n) is 13.1. The van der Waals surface area contributed by atoms with Crippen molar-refractivity contribution in [1.29, 1.82) is 0 Å². The number of Topliss-reactive ketones (excluding diaryl/α,β-unsaturated/α-hetero) is 1. The van der Waals surface area contributed by atoms with Crippen LogP contribution in [0.25, 0.3) is 6.08 Å². The second-order valence-corrected chi connectivity index (χ2v) is 8.05. The number of thioether (sulfide) groups is 2. The van der Waals surface area contributed by atoms with E-state index in [9.17, 15) is 9.59 Å². The van der Waals surface area contributed by atoms with E-state index in [2.05, 4.69) is 6.92 Å². The first kappa shape index (κ1) is 16.9. The summed E-state index contributed by atoms with van der Waals surface area (Å²) in [6.07, 6.45) is 4.55. The van der Waals surface area contributed by atoms with Gasteiger partial charge in [-0.1, -0.05) is 37.3 Å². The Morgan fingerprint density at radius 2 is 1.96 bits per heavy atom. The first-order valence-electron chi connectivity index (χ1n) is 7.54. The zero-order chi connectivity index (χ0) is 16.9. The summed E-state index contributed by atoms with van der Waals surface area (Å²) in [5.41, 5.74) is 0.781. The molecule has 1 unspecified atom stereocenters. The topological polar surface area (TPSA) is 47.3 Å². The maximum atomic E-state index is 12.9. The molecule has 0 spiro atoms. The molecule has 3 nitrogen and oxygen atoms in total. The molecule has 5 heteroatoms. The largest absolute Gasteiger partial charge is 0.465 e. The molecule has 2 heterocycles. The number of hydrogen-bond acceptors (Lipinski definition) is 5. The van der Waals surface area contributed by atoms with Crippen LogP contribution in [0.1, 0.15) is 23.0 Å². The SMILES string of the molecule is CC1CS/C(=C(/C(=O)/C=C/c2ccco2)C(=O)c2ccccc2)S1. The Bertz CT molecular complexity index is 789. The van der Waals surface area contributed by atoms with Gasteiger partial charge in [0.05, 0.1) is 16.1 Å². The molecule has 0 amide bonds. The lowest BCUT2D eigenvalue weighted by Crippen LogP contribution is -2.12. The molecule has 1 aromatic carbocycles. The molecule has 1 aromatic heterocycles. The number of carbonyl (C=O) groups excluding carboxylic acids is 2. The molecule has 0 aliphatic carbocycles. The van der Waals surface area contributed by atoms with Gasteiger partial charge in [0.1, 0.15) is 5.76 Å². The highest BCUT2D eigenvalue weighted by Crippen LogP contribution is 2.44. The predicted octanol–water partition coefficient (Wildman–Crippen LogP) is 4.82. The van der Waals surface area contributed by atoms with Crippen molar-refractivity contribution in [1.82, 2.24) is 0 Å². The summed E-state index contributed by atoms with van der Waals surface area (Å²) < 4.78 is 6.01. The minimum atomic E-state index is -0.288. The lowest BCUT2D eigenvalue weighted by Gasteiger charge is -2.07. The van der Waals surface area contributed by atoms with E-state index in [1.165, 1.54) is 6.08 Å². The minimum absolute atomic E-state index is 0.228. The monoisotopic (exact) mass is 356 g/mol. The van der Waals surface area contributed by atoms with Crippen LogP contribution >= 0.6 is 23.5 Å². The van der Waals surface area contributed by atoms with Crippen LogP contribution in [0, 0.1) is 0 Å². The highest BCUT2D eigenvalue weighted by atomic mass is 32.2. The molecule has 122 valence electrons. The number of furan rings is 1. The van der Waals surface area contributed by atoms with Crippen LogP contribution in [-0.4, -0.2) is 22.6 Å². The van der Waals surface area contributed by atoms with Gasteiger partial charge >= 0.3 is 0 Å². The molecule has 0 N–H and O–H groups in total.